The number of pyridine rings is 1. The standard InChI is InChI=1S/C22H27N5O2S/c1-4-16(2)24-21(28)19-8-6-5-7-18(19)15-30-22-26-25-20(27(22)13-14-29-3)17-9-11-23-12-10-17/h5-12,16H,4,13-15H2,1-3H3,(H,24,28). The van der Waals surface area contributed by atoms with E-state index in [0.717, 1.165) is 28.5 Å². The Balaban J connectivity index is 1.81. The van der Waals surface area contributed by atoms with E-state index in [1.54, 1.807) is 31.3 Å². The summed E-state index contributed by atoms with van der Waals surface area (Å²) in [6.07, 6.45) is 4.37. The van der Waals surface area contributed by atoms with Gasteiger partial charge in [0, 0.05) is 42.4 Å². The van der Waals surface area contributed by atoms with Gasteiger partial charge in [0.05, 0.1) is 13.2 Å². The number of nitrogens with one attached hydrogen (secondary N) is 1. The number of hydrogen-bond acceptors (Lipinski definition) is 6. The number of carbonyl (C=O) groups excluding carboxylic acids is 1. The zero-order chi connectivity index (χ0) is 21.3. The van der Waals surface area contributed by atoms with Gasteiger partial charge in [0.2, 0.25) is 0 Å². The van der Waals surface area contributed by atoms with Gasteiger partial charge in [-0.1, -0.05) is 36.9 Å². The van der Waals surface area contributed by atoms with Crippen LogP contribution in [0, 0.1) is 0 Å². The maximum Gasteiger partial charge on any atom is 0.251 e. The molecule has 1 aromatic carbocycles. The molecule has 0 saturated heterocycles. The van der Waals surface area contributed by atoms with Crippen molar-refractivity contribution in [1.29, 1.82) is 0 Å². The topological polar surface area (TPSA) is 81.9 Å². The van der Waals surface area contributed by atoms with E-state index in [-0.39, 0.29) is 11.9 Å². The second-order valence-electron chi connectivity index (χ2n) is 6.92. The average molecular weight is 426 g/mol. The first kappa shape index (κ1) is 22.0. The zero-order valence-corrected chi connectivity index (χ0v) is 18.4. The summed E-state index contributed by atoms with van der Waals surface area (Å²) in [5.41, 5.74) is 2.62. The second-order valence-corrected chi connectivity index (χ2v) is 7.86. The Hall–Kier alpha value is -2.71. The molecule has 7 nitrogen and oxygen atoms in total. The Morgan fingerprint density at radius 2 is 1.97 bits per heavy atom. The molecule has 1 amide bonds. The molecule has 0 saturated carbocycles. The van der Waals surface area contributed by atoms with E-state index >= 15 is 0 Å². The van der Waals surface area contributed by atoms with Gasteiger partial charge in [-0.3, -0.25) is 14.3 Å². The van der Waals surface area contributed by atoms with Crippen LogP contribution in [0.25, 0.3) is 11.4 Å². The maximum absolute atomic E-state index is 12.7. The molecule has 2 heterocycles. The molecule has 0 aliphatic rings. The number of methoxy groups -OCH3 is 1. The normalized spacial score (nSPS) is 12.0. The fourth-order valence-electron chi connectivity index (χ4n) is 2.91. The summed E-state index contributed by atoms with van der Waals surface area (Å²) in [5, 5.41) is 12.6. The Morgan fingerprint density at radius 1 is 1.20 bits per heavy atom. The van der Waals surface area contributed by atoms with Gasteiger partial charge in [-0.05, 0) is 37.1 Å². The van der Waals surface area contributed by atoms with Crippen molar-refractivity contribution >= 4 is 17.7 Å². The third kappa shape index (κ3) is 5.46. The van der Waals surface area contributed by atoms with Crippen LogP contribution in [0.2, 0.25) is 0 Å². The van der Waals surface area contributed by atoms with Gasteiger partial charge < -0.3 is 10.1 Å². The van der Waals surface area contributed by atoms with Crippen LogP contribution < -0.4 is 5.32 Å². The summed E-state index contributed by atoms with van der Waals surface area (Å²) < 4.78 is 7.32. The lowest BCUT2D eigenvalue weighted by Gasteiger charge is -2.14. The first-order valence-electron chi connectivity index (χ1n) is 9.98. The van der Waals surface area contributed by atoms with Crippen LogP contribution in [0.4, 0.5) is 0 Å². The van der Waals surface area contributed by atoms with Crippen molar-refractivity contribution in [2.45, 2.75) is 43.8 Å². The van der Waals surface area contributed by atoms with Crippen molar-refractivity contribution in [3.05, 3.63) is 59.9 Å². The smallest absolute Gasteiger partial charge is 0.251 e. The predicted octanol–water partition coefficient (Wildman–Crippen LogP) is 3.81. The van der Waals surface area contributed by atoms with Gasteiger partial charge in [0.25, 0.3) is 5.91 Å². The van der Waals surface area contributed by atoms with Gasteiger partial charge in [0.1, 0.15) is 0 Å². The van der Waals surface area contributed by atoms with E-state index in [4.69, 9.17) is 4.74 Å². The Kier molecular flexibility index (Phi) is 7.98. The van der Waals surface area contributed by atoms with Crippen molar-refractivity contribution in [2.75, 3.05) is 13.7 Å². The zero-order valence-electron chi connectivity index (χ0n) is 17.5. The minimum absolute atomic E-state index is 0.0427. The maximum atomic E-state index is 12.7. The van der Waals surface area contributed by atoms with Crippen molar-refractivity contribution in [3.63, 3.8) is 0 Å². The molecule has 1 atom stereocenters. The van der Waals surface area contributed by atoms with Crippen molar-refractivity contribution in [3.8, 4) is 11.4 Å². The number of hydrogen-bond donors (Lipinski definition) is 1. The van der Waals surface area contributed by atoms with E-state index in [0.29, 0.717) is 24.5 Å². The van der Waals surface area contributed by atoms with Crippen molar-refractivity contribution in [1.82, 2.24) is 25.1 Å². The van der Waals surface area contributed by atoms with Crippen LogP contribution in [-0.4, -0.2) is 45.4 Å². The lowest BCUT2D eigenvalue weighted by Crippen LogP contribution is -2.32. The molecule has 0 fully saturated rings. The SMILES string of the molecule is CCC(C)NC(=O)c1ccccc1CSc1nnc(-c2ccncc2)n1CCOC. The van der Waals surface area contributed by atoms with Gasteiger partial charge >= 0.3 is 0 Å². The molecule has 0 bridgehead atoms. The van der Waals surface area contributed by atoms with E-state index in [1.165, 1.54) is 0 Å². The minimum atomic E-state index is -0.0427. The van der Waals surface area contributed by atoms with Crippen LogP contribution in [0.3, 0.4) is 0 Å². The number of aromatic nitrogens is 4. The second kappa shape index (κ2) is 10.9. The third-order valence-electron chi connectivity index (χ3n) is 4.78. The molecule has 8 heteroatoms. The molecular weight excluding hydrogens is 398 g/mol. The van der Waals surface area contributed by atoms with Gasteiger partial charge in [0.15, 0.2) is 11.0 Å². The molecule has 3 aromatic rings. The summed E-state index contributed by atoms with van der Waals surface area (Å²) in [6.45, 7) is 5.26. The Labute approximate surface area is 181 Å². The van der Waals surface area contributed by atoms with E-state index < -0.39 is 0 Å². The highest BCUT2D eigenvalue weighted by molar-refractivity contribution is 7.98. The highest BCUT2D eigenvalue weighted by Gasteiger charge is 2.17. The largest absolute Gasteiger partial charge is 0.383 e. The molecule has 0 aliphatic carbocycles. The van der Waals surface area contributed by atoms with E-state index in [1.807, 2.05) is 47.9 Å². The Morgan fingerprint density at radius 3 is 2.70 bits per heavy atom. The van der Waals surface area contributed by atoms with Crippen LogP contribution in [-0.2, 0) is 17.0 Å². The molecule has 3 rings (SSSR count). The van der Waals surface area contributed by atoms with Crippen LogP contribution in [0.1, 0.15) is 36.2 Å². The minimum Gasteiger partial charge on any atom is -0.383 e. The number of amides is 1. The third-order valence-corrected chi connectivity index (χ3v) is 5.80. The van der Waals surface area contributed by atoms with Crippen LogP contribution in [0.15, 0.2) is 53.9 Å². The summed E-state index contributed by atoms with van der Waals surface area (Å²) in [6, 6.07) is 11.7. The fraction of sp³-hybridized carbons (Fsp3) is 0.364. The monoisotopic (exact) mass is 425 g/mol. The van der Waals surface area contributed by atoms with Crippen LogP contribution >= 0.6 is 11.8 Å². The summed E-state index contributed by atoms with van der Waals surface area (Å²) >= 11 is 1.56. The van der Waals surface area contributed by atoms with Gasteiger partial charge in [-0.2, -0.15) is 0 Å². The van der Waals surface area contributed by atoms with E-state index in [9.17, 15) is 4.79 Å². The molecule has 0 aliphatic heterocycles. The lowest BCUT2D eigenvalue weighted by molar-refractivity contribution is 0.0938. The molecule has 158 valence electrons. The number of nitrogens with zero attached hydrogens (tertiary/aromatic N) is 4. The van der Waals surface area contributed by atoms with Gasteiger partial charge in [-0.25, -0.2) is 0 Å². The molecule has 0 spiro atoms. The number of ether oxygens (including phenoxy) is 1. The molecule has 0 radical (unpaired) electrons. The number of benzene rings is 1. The number of thioether (sulfide) groups is 1. The summed E-state index contributed by atoms with van der Waals surface area (Å²) in [7, 11) is 1.68. The highest BCUT2D eigenvalue weighted by atomic mass is 32.2. The van der Waals surface area contributed by atoms with Gasteiger partial charge in [-0.15, -0.1) is 10.2 Å². The molecule has 1 N–H and O–H groups in total. The van der Waals surface area contributed by atoms with Crippen molar-refractivity contribution in [2.24, 2.45) is 0 Å². The Bertz CT molecular complexity index is 961. The molecule has 1 unspecified atom stereocenters. The molecule has 2 aromatic heterocycles. The number of carbonyl (C=O) groups is 1. The average Bonchev–Trinajstić information content (AvgIpc) is 3.19. The summed E-state index contributed by atoms with van der Waals surface area (Å²) in [5.74, 6) is 1.35. The fourth-order valence-corrected chi connectivity index (χ4v) is 3.88. The first-order chi connectivity index (χ1) is 14.6. The van der Waals surface area contributed by atoms with Crippen LogP contribution in [0.5, 0.6) is 0 Å². The molecular formula is C22H27N5O2S. The predicted molar refractivity (Wildman–Crippen MR) is 118 cm³/mol. The molecule has 30 heavy (non-hydrogen) atoms. The highest BCUT2D eigenvalue weighted by Crippen LogP contribution is 2.27. The summed E-state index contributed by atoms with van der Waals surface area (Å²) in [4.78, 5) is 16.7. The van der Waals surface area contributed by atoms with Crippen molar-refractivity contribution < 1.29 is 9.53 Å². The lowest BCUT2D eigenvalue weighted by atomic mass is 10.1. The first-order valence-corrected chi connectivity index (χ1v) is 11.0. The number of rotatable bonds is 10. The van der Waals surface area contributed by atoms with E-state index in [2.05, 4.69) is 27.4 Å². The quantitative estimate of drug-likeness (QED) is 0.498.